The normalized spacial score (nSPS) is 17.0. The molecule has 1 aromatic carbocycles. The molecule has 0 aliphatic carbocycles. The summed E-state index contributed by atoms with van der Waals surface area (Å²) in [5.41, 5.74) is 11.6. The predicted molar refractivity (Wildman–Crippen MR) is 129 cm³/mol. The van der Waals surface area contributed by atoms with Gasteiger partial charge in [0.05, 0.1) is 17.8 Å². The van der Waals surface area contributed by atoms with Crippen LogP contribution in [0.25, 0.3) is 28.0 Å². The summed E-state index contributed by atoms with van der Waals surface area (Å²) in [5, 5.41) is 8.19. The maximum absolute atomic E-state index is 13.4. The van der Waals surface area contributed by atoms with Gasteiger partial charge in [-0.25, -0.2) is 18.9 Å². The molecule has 170 valence electrons. The highest BCUT2D eigenvalue weighted by molar-refractivity contribution is 5.90. The van der Waals surface area contributed by atoms with Gasteiger partial charge in [0.25, 0.3) is 0 Å². The van der Waals surface area contributed by atoms with Gasteiger partial charge in [-0.2, -0.15) is 0 Å². The molecular weight excluding hydrogens is 416 g/mol. The second kappa shape index (κ2) is 8.42. The van der Waals surface area contributed by atoms with Crippen LogP contribution in [0.2, 0.25) is 0 Å². The van der Waals surface area contributed by atoms with Crippen molar-refractivity contribution in [1.29, 1.82) is 0 Å². The summed E-state index contributed by atoms with van der Waals surface area (Å²) in [6.45, 7) is 7.05. The summed E-state index contributed by atoms with van der Waals surface area (Å²) in [7, 11) is 2.07. The van der Waals surface area contributed by atoms with Crippen molar-refractivity contribution in [2.75, 3.05) is 32.4 Å². The van der Waals surface area contributed by atoms with Crippen molar-refractivity contribution in [3.8, 4) is 22.4 Å². The van der Waals surface area contributed by atoms with Gasteiger partial charge in [-0.15, -0.1) is 5.10 Å². The van der Waals surface area contributed by atoms with E-state index in [2.05, 4.69) is 27.2 Å². The number of anilines is 1. The monoisotopic (exact) mass is 444 g/mol. The van der Waals surface area contributed by atoms with Crippen LogP contribution in [0.15, 0.2) is 47.3 Å². The number of piperazine rings is 1. The summed E-state index contributed by atoms with van der Waals surface area (Å²) in [6, 6.07) is 14.0. The van der Waals surface area contributed by atoms with Gasteiger partial charge in [0.2, 0.25) is 5.95 Å². The Bertz CT molecular complexity index is 1350. The fourth-order valence-electron chi connectivity index (χ4n) is 4.54. The SMILES string of the molecule is Cc1cc(-c2c(-c3ccccc3)nc(N)n3c(=O)n(C[C@@H]4CNCCN4C)nc23)cc(C)n1. The molecule has 1 atom stereocenters. The number of nitrogens with one attached hydrogen (secondary N) is 1. The molecule has 1 fully saturated rings. The molecule has 33 heavy (non-hydrogen) atoms. The minimum Gasteiger partial charge on any atom is -0.369 e. The van der Waals surface area contributed by atoms with Gasteiger partial charge in [-0.05, 0) is 38.6 Å². The van der Waals surface area contributed by atoms with Crippen molar-refractivity contribution in [2.24, 2.45) is 0 Å². The highest BCUT2D eigenvalue weighted by Gasteiger charge is 2.25. The van der Waals surface area contributed by atoms with Crippen LogP contribution in [-0.2, 0) is 6.54 Å². The number of hydrogen-bond acceptors (Lipinski definition) is 7. The fraction of sp³-hybridized carbons (Fsp3) is 0.333. The number of aryl methyl sites for hydroxylation is 2. The molecule has 5 rings (SSSR count). The van der Waals surface area contributed by atoms with Crippen LogP contribution in [-0.4, -0.2) is 61.8 Å². The Hall–Kier alpha value is -3.56. The third-order valence-corrected chi connectivity index (χ3v) is 6.20. The van der Waals surface area contributed by atoms with Crippen molar-refractivity contribution in [3.05, 3.63) is 64.3 Å². The Morgan fingerprint density at radius 3 is 2.52 bits per heavy atom. The smallest absolute Gasteiger partial charge is 0.353 e. The van der Waals surface area contributed by atoms with Crippen molar-refractivity contribution in [1.82, 2.24) is 34.4 Å². The van der Waals surface area contributed by atoms with Crippen LogP contribution in [0.3, 0.4) is 0 Å². The average Bonchev–Trinajstić information content (AvgIpc) is 3.11. The van der Waals surface area contributed by atoms with Gasteiger partial charge >= 0.3 is 5.69 Å². The van der Waals surface area contributed by atoms with Gasteiger partial charge in [0.15, 0.2) is 5.65 Å². The molecule has 4 aromatic rings. The van der Waals surface area contributed by atoms with E-state index >= 15 is 0 Å². The van der Waals surface area contributed by atoms with Crippen LogP contribution < -0.4 is 16.7 Å². The third-order valence-electron chi connectivity index (χ3n) is 6.20. The van der Waals surface area contributed by atoms with E-state index in [4.69, 9.17) is 10.8 Å². The van der Waals surface area contributed by atoms with Gasteiger partial charge in [0.1, 0.15) is 0 Å². The first-order valence-electron chi connectivity index (χ1n) is 11.1. The number of aromatic nitrogens is 5. The van der Waals surface area contributed by atoms with Gasteiger partial charge in [-0.3, -0.25) is 9.88 Å². The number of benzene rings is 1. The van der Waals surface area contributed by atoms with Crippen LogP contribution in [0.1, 0.15) is 11.4 Å². The minimum atomic E-state index is -0.280. The Balaban J connectivity index is 1.77. The van der Waals surface area contributed by atoms with Crippen molar-refractivity contribution in [2.45, 2.75) is 26.4 Å². The van der Waals surface area contributed by atoms with Crippen molar-refractivity contribution in [3.63, 3.8) is 0 Å². The van der Waals surface area contributed by atoms with E-state index < -0.39 is 0 Å². The molecule has 0 radical (unpaired) electrons. The third kappa shape index (κ3) is 3.90. The molecule has 0 unspecified atom stereocenters. The molecule has 9 nitrogen and oxygen atoms in total. The second-order valence-corrected chi connectivity index (χ2v) is 8.66. The lowest BCUT2D eigenvalue weighted by Gasteiger charge is -2.32. The highest BCUT2D eigenvalue weighted by Crippen LogP contribution is 2.34. The number of pyridine rings is 1. The van der Waals surface area contributed by atoms with Gasteiger partial charge < -0.3 is 11.1 Å². The predicted octanol–water partition coefficient (Wildman–Crippen LogP) is 1.72. The number of rotatable bonds is 4. The number of hydrogen-bond donors (Lipinski definition) is 2. The molecular formula is C24H28N8O. The quantitative estimate of drug-likeness (QED) is 0.494. The summed E-state index contributed by atoms with van der Waals surface area (Å²) in [6.07, 6.45) is 0. The van der Waals surface area contributed by atoms with Gasteiger partial charge in [0, 0.05) is 42.6 Å². The fourth-order valence-corrected chi connectivity index (χ4v) is 4.54. The second-order valence-electron chi connectivity index (χ2n) is 8.66. The molecule has 9 heteroatoms. The van der Waals surface area contributed by atoms with Crippen LogP contribution in [0, 0.1) is 13.8 Å². The summed E-state index contributed by atoms with van der Waals surface area (Å²) in [4.78, 5) is 24.8. The minimum absolute atomic E-state index is 0.126. The van der Waals surface area contributed by atoms with Crippen molar-refractivity contribution < 1.29 is 0 Å². The molecule has 3 aromatic heterocycles. The molecule has 0 spiro atoms. The van der Waals surface area contributed by atoms with E-state index in [-0.39, 0.29) is 17.7 Å². The molecule has 1 aliphatic heterocycles. The zero-order valence-corrected chi connectivity index (χ0v) is 19.1. The molecule has 1 saturated heterocycles. The number of nitrogens with zero attached hydrogens (tertiary/aromatic N) is 6. The van der Waals surface area contributed by atoms with Crippen LogP contribution >= 0.6 is 0 Å². The lowest BCUT2D eigenvalue weighted by atomic mass is 9.99. The highest BCUT2D eigenvalue weighted by atomic mass is 16.2. The number of fused-ring (bicyclic) bond motifs is 1. The zero-order valence-electron chi connectivity index (χ0n) is 19.1. The van der Waals surface area contributed by atoms with E-state index in [0.717, 1.165) is 47.7 Å². The lowest BCUT2D eigenvalue weighted by molar-refractivity contribution is 0.176. The Morgan fingerprint density at radius 1 is 1.09 bits per heavy atom. The summed E-state index contributed by atoms with van der Waals surface area (Å²) < 4.78 is 2.93. The van der Waals surface area contributed by atoms with E-state index in [1.165, 1.54) is 9.08 Å². The first kappa shape index (κ1) is 21.3. The molecule has 0 amide bonds. The largest absolute Gasteiger partial charge is 0.369 e. The van der Waals surface area contributed by atoms with Gasteiger partial charge in [-0.1, -0.05) is 30.3 Å². The topological polar surface area (TPSA) is 106 Å². The van der Waals surface area contributed by atoms with Crippen LogP contribution in [0.4, 0.5) is 5.95 Å². The first-order valence-corrected chi connectivity index (χ1v) is 11.1. The molecule has 4 heterocycles. The molecule has 0 bridgehead atoms. The van der Waals surface area contributed by atoms with E-state index in [1.807, 2.05) is 56.3 Å². The zero-order chi connectivity index (χ0) is 23.1. The van der Waals surface area contributed by atoms with E-state index in [0.29, 0.717) is 17.9 Å². The first-order chi connectivity index (χ1) is 15.9. The van der Waals surface area contributed by atoms with Crippen LogP contribution in [0.5, 0.6) is 0 Å². The number of nitrogens with two attached hydrogens (primary N) is 1. The number of likely N-dealkylation sites (N-methyl/N-ethyl adjacent to an activating group) is 1. The average molecular weight is 445 g/mol. The standard InChI is InChI=1S/C24H28N8O/c1-15-11-18(12-16(2)27-15)20-21(17-7-5-4-6-8-17)28-23(25)32-22(20)29-31(24(32)33)14-19-13-26-9-10-30(19)3/h4-8,11-12,19,26H,9-10,13-14H2,1-3H3,(H2,25,28)/t19-/m0/s1. The molecule has 0 saturated carbocycles. The molecule has 1 aliphatic rings. The molecule has 3 N–H and O–H groups in total. The summed E-state index contributed by atoms with van der Waals surface area (Å²) in [5.74, 6) is 0.126. The van der Waals surface area contributed by atoms with E-state index in [9.17, 15) is 4.79 Å². The van der Waals surface area contributed by atoms with E-state index in [1.54, 1.807) is 0 Å². The Morgan fingerprint density at radius 2 is 1.82 bits per heavy atom. The lowest BCUT2D eigenvalue weighted by Crippen LogP contribution is -2.51. The van der Waals surface area contributed by atoms with Crippen molar-refractivity contribution >= 4 is 11.6 Å². The Labute approximate surface area is 191 Å². The Kier molecular flexibility index (Phi) is 5.43. The number of nitrogen functional groups attached to an aromatic ring is 1. The summed E-state index contributed by atoms with van der Waals surface area (Å²) >= 11 is 0. The maximum atomic E-state index is 13.4. The maximum Gasteiger partial charge on any atom is 0.353 e.